The quantitative estimate of drug-likeness (QED) is 0.539. The summed E-state index contributed by atoms with van der Waals surface area (Å²) in [6.07, 6.45) is 7.65. The topological polar surface area (TPSA) is 65.7 Å². The minimum Gasteiger partial charge on any atom is -0.497 e. The number of methoxy groups -OCH3 is 1. The molecule has 1 aliphatic carbocycles. The molecule has 2 aromatic carbocycles. The number of nitriles is 1. The maximum Gasteiger partial charge on any atom is 0.119 e. The molecule has 0 radical (unpaired) electrons. The second kappa shape index (κ2) is 11.0. The molecule has 0 spiro atoms. The minimum absolute atomic E-state index is 0.277. The first-order valence-corrected chi connectivity index (χ1v) is 12.4. The maximum atomic E-state index is 12.2. The summed E-state index contributed by atoms with van der Waals surface area (Å²) in [4.78, 5) is 2.50. The number of likely N-dealkylation sites (tertiary alicyclic amines) is 1. The van der Waals surface area contributed by atoms with Gasteiger partial charge in [-0.25, -0.2) is 0 Å². The van der Waals surface area contributed by atoms with Crippen LogP contribution in [0.3, 0.4) is 0 Å². The molecule has 1 heterocycles. The zero-order chi connectivity index (χ0) is 23.1. The number of piperidine rings is 1. The van der Waals surface area contributed by atoms with Crippen molar-refractivity contribution in [3.63, 3.8) is 0 Å². The third kappa shape index (κ3) is 5.51. The summed E-state index contributed by atoms with van der Waals surface area (Å²) in [6, 6.07) is 17.5. The van der Waals surface area contributed by atoms with Crippen LogP contribution in [0.2, 0.25) is 0 Å². The molecule has 1 aliphatic heterocycles. The van der Waals surface area contributed by atoms with Gasteiger partial charge >= 0.3 is 0 Å². The largest absolute Gasteiger partial charge is 0.497 e. The number of nitrogens with zero attached hydrogens (tertiary/aromatic N) is 2. The van der Waals surface area contributed by atoms with Crippen molar-refractivity contribution in [2.75, 3.05) is 33.4 Å². The highest BCUT2D eigenvalue weighted by molar-refractivity contribution is 5.35. The molecule has 1 N–H and O–H groups in total. The summed E-state index contributed by atoms with van der Waals surface area (Å²) >= 11 is 0. The highest BCUT2D eigenvalue weighted by Crippen LogP contribution is 2.48. The van der Waals surface area contributed by atoms with Crippen LogP contribution in [-0.4, -0.2) is 43.4 Å². The van der Waals surface area contributed by atoms with Crippen molar-refractivity contribution < 1.29 is 14.6 Å². The number of benzene rings is 2. The summed E-state index contributed by atoms with van der Waals surface area (Å²) in [6.45, 7) is 3.70. The van der Waals surface area contributed by atoms with Crippen molar-refractivity contribution in [2.45, 2.75) is 50.5 Å². The van der Waals surface area contributed by atoms with E-state index in [2.05, 4.69) is 17.0 Å². The Morgan fingerprint density at radius 3 is 2.36 bits per heavy atom. The lowest BCUT2D eigenvalue weighted by atomic mass is 9.68. The third-order valence-corrected chi connectivity index (χ3v) is 7.59. The van der Waals surface area contributed by atoms with Gasteiger partial charge in [-0.3, -0.25) is 0 Å². The molecule has 1 saturated heterocycles. The van der Waals surface area contributed by atoms with E-state index in [0.717, 1.165) is 68.8 Å². The standard InChI is InChI=1S/C28H36N2O3/c1-32-27-9-4-8-25(20-27)28(31,23-6-2-3-7-23)24-14-17-30(18-15-24)16-5-19-33-26-12-10-22(21-29)11-13-26/h4,8-13,20,23-24,31H,2-3,5-7,14-19H2,1H3. The normalized spacial score (nSPS) is 19.7. The first-order valence-electron chi connectivity index (χ1n) is 12.4. The minimum atomic E-state index is -0.768. The van der Waals surface area contributed by atoms with Crippen LogP contribution in [0.1, 0.15) is 56.1 Å². The lowest BCUT2D eigenvalue weighted by Crippen LogP contribution is -2.47. The Balaban J connectivity index is 1.31. The van der Waals surface area contributed by atoms with E-state index in [1.807, 2.05) is 30.3 Å². The average Bonchev–Trinajstić information content (AvgIpc) is 3.42. The van der Waals surface area contributed by atoms with Crippen molar-refractivity contribution >= 4 is 0 Å². The Labute approximate surface area is 197 Å². The summed E-state index contributed by atoms with van der Waals surface area (Å²) in [5.41, 5.74) is 0.912. The van der Waals surface area contributed by atoms with Crippen LogP contribution in [0.4, 0.5) is 0 Å². The molecular formula is C28H36N2O3. The van der Waals surface area contributed by atoms with Gasteiger partial charge in [-0.05, 0) is 99.0 Å². The van der Waals surface area contributed by atoms with Crippen LogP contribution in [0.15, 0.2) is 48.5 Å². The highest BCUT2D eigenvalue weighted by Gasteiger charge is 2.46. The smallest absolute Gasteiger partial charge is 0.119 e. The van der Waals surface area contributed by atoms with Crippen molar-refractivity contribution in [1.82, 2.24) is 4.90 Å². The summed E-state index contributed by atoms with van der Waals surface area (Å²) in [5.74, 6) is 2.25. The number of aliphatic hydroxyl groups is 1. The fourth-order valence-corrected chi connectivity index (χ4v) is 5.74. The van der Waals surface area contributed by atoms with Gasteiger partial charge in [0.1, 0.15) is 11.5 Å². The lowest BCUT2D eigenvalue weighted by Gasteiger charge is -2.45. The molecule has 0 amide bonds. The first kappa shape index (κ1) is 23.6. The molecule has 0 bridgehead atoms. The van der Waals surface area contributed by atoms with E-state index >= 15 is 0 Å². The van der Waals surface area contributed by atoms with Crippen molar-refractivity contribution in [3.05, 3.63) is 59.7 Å². The summed E-state index contributed by atoms with van der Waals surface area (Å²) in [7, 11) is 1.69. The predicted molar refractivity (Wildman–Crippen MR) is 129 cm³/mol. The molecule has 2 fully saturated rings. The van der Waals surface area contributed by atoms with E-state index in [1.54, 1.807) is 19.2 Å². The molecule has 1 unspecified atom stereocenters. The van der Waals surface area contributed by atoms with E-state index in [0.29, 0.717) is 18.1 Å². The monoisotopic (exact) mass is 448 g/mol. The van der Waals surface area contributed by atoms with E-state index < -0.39 is 5.60 Å². The van der Waals surface area contributed by atoms with Crippen molar-refractivity contribution in [2.24, 2.45) is 11.8 Å². The number of hydrogen-bond donors (Lipinski definition) is 1. The van der Waals surface area contributed by atoms with Crippen LogP contribution in [0.5, 0.6) is 11.5 Å². The SMILES string of the molecule is COc1cccc(C(O)(C2CCCC2)C2CCN(CCCOc3ccc(C#N)cc3)CC2)c1. The number of rotatable bonds is 9. The molecule has 2 aliphatic rings. The van der Waals surface area contributed by atoms with Crippen LogP contribution in [0, 0.1) is 23.2 Å². The zero-order valence-corrected chi connectivity index (χ0v) is 19.7. The zero-order valence-electron chi connectivity index (χ0n) is 19.7. The van der Waals surface area contributed by atoms with E-state index in [1.165, 1.54) is 12.8 Å². The van der Waals surface area contributed by atoms with Gasteiger partial charge in [0.05, 0.1) is 31.0 Å². The van der Waals surface area contributed by atoms with Gasteiger partial charge < -0.3 is 19.5 Å². The Morgan fingerprint density at radius 2 is 1.70 bits per heavy atom. The molecule has 33 heavy (non-hydrogen) atoms. The molecule has 4 rings (SSSR count). The average molecular weight is 449 g/mol. The van der Waals surface area contributed by atoms with Gasteiger partial charge in [-0.15, -0.1) is 0 Å². The Kier molecular flexibility index (Phi) is 7.90. The van der Waals surface area contributed by atoms with Crippen LogP contribution >= 0.6 is 0 Å². The fraction of sp³-hybridized carbons (Fsp3) is 0.536. The Morgan fingerprint density at radius 1 is 1.00 bits per heavy atom. The van der Waals surface area contributed by atoms with E-state index in [9.17, 15) is 5.11 Å². The van der Waals surface area contributed by atoms with E-state index in [4.69, 9.17) is 14.7 Å². The molecule has 5 heteroatoms. The van der Waals surface area contributed by atoms with Gasteiger partial charge in [0.15, 0.2) is 0 Å². The second-order valence-corrected chi connectivity index (χ2v) is 9.49. The van der Waals surface area contributed by atoms with Crippen LogP contribution < -0.4 is 9.47 Å². The molecular weight excluding hydrogens is 412 g/mol. The van der Waals surface area contributed by atoms with Crippen molar-refractivity contribution in [3.8, 4) is 17.6 Å². The third-order valence-electron chi connectivity index (χ3n) is 7.59. The molecule has 176 valence electrons. The van der Waals surface area contributed by atoms with Gasteiger partial charge in [0.2, 0.25) is 0 Å². The summed E-state index contributed by atoms with van der Waals surface area (Å²) in [5, 5.41) is 21.1. The summed E-state index contributed by atoms with van der Waals surface area (Å²) < 4.78 is 11.3. The second-order valence-electron chi connectivity index (χ2n) is 9.49. The molecule has 1 saturated carbocycles. The number of hydrogen-bond acceptors (Lipinski definition) is 5. The number of ether oxygens (including phenoxy) is 2. The van der Waals surface area contributed by atoms with Crippen LogP contribution in [0.25, 0.3) is 0 Å². The molecule has 5 nitrogen and oxygen atoms in total. The predicted octanol–water partition coefficient (Wildman–Crippen LogP) is 5.13. The van der Waals surface area contributed by atoms with Gasteiger partial charge in [0, 0.05) is 6.54 Å². The molecule has 2 aromatic rings. The maximum absolute atomic E-state index is 12.2. The molecule has 1 atom stereocenters. The van der Waals surface area contributed by atoms with Crippen molar-refractivity contribution in [1.29, 1.82) is 5.26 Å². The Bertz CT molecular complexity index is 925. The lowest BCUT2D eigenvalue weighted by molar-refractivity contribution is -0.0935. The van der Waals surface area contributed by atoms with Gasteiger partial charge in [-0.1, -0.05) is 25.0 Å². The van der Waals surface area contributed by atoms with Crippen LogP contribution in [-0.2, 0) is 5.60 Å². The fourth-order valence-electron chi connectivity index (χ4n) is 5.74. The molecule has 0 aromatic heterocycles. The van der Waals surface area contributed by atoms with Gasteiger partial charge in [-0.2, -0.15) is 5.26 Å². The Hall–Kier alpha value is -2.55. The first-order chi connectivity index (χ1) is 16.1. The highest BCUT2D eigenvalue weighted by atomic mass is 16.5. The van der Waals surface area contributed by atoms with E-state index in [-0.39, 0.29) is 5.92 Å². The van der Waals surface area contributed by atoms with Gasteiger partial charge in [0.25, 0.3) is 0 Å².